The number of aromatic nitrogens is 4. The first-order chi connectivity index (χ1) is 22.3. The lowest BCUT2D eigenvalue weighted by Gasteiger charge is -2.19. The molecule has 0 unspecified atom stereocenters. The number of benzene rings is 1. The molecule has 0 fully saturated rings. The number of anilines is 1. The highest BCUT2D eigenvalue weighted by Crippen LogP contribution is 2.34. The zero-order valence-electron chi connectivity index (χ0n) is 26.4. The van der Waals surface area contributed by atoms with Gasteiger partial charge in [-0.3, -0.25) is 8.80 Å². The summed E-state index contributed by atoms with van der Waals surface area (Å²) in [6.45, 7) is 8.66. The van der Waals surface area contributed by atoms with Gasteiger partial charge < -0.3 is 33.7 Å². The van der Waals surface area contributed by atoms with Crippen LogP contribution >= 0.6 is 11.3 Å². The van der Waals surface area contributed by atoms with Crippen molar-refractivity contribution in [1.82, 2.24) is 18.8 Å². The average Bonchev–Trinajstić information content (AvgIpc) is 3.70. The molecular weight excluding hydrogens is 612 g/mol. The van der Waals surface area contributed by atoms with E-state index in [1.807, 2.05) is 62.8 Å². The highest BCUT2D eigenvalue weighted by Gasteiger charge is 2.19. The molecule has 5 rings (SSSR count). The summed E-state index contributed by atoms with van der Waals surface area (Å²) in [7, 11) is 1.84. The second-order valence-electron chi connectivity index (χ2n) is 11.1. The minimum atomic E-state index is -0.519. The van der Waals surface area contributed by atoms with Crippen LogP contribution in [-0.4, -0.2) is 96.8 Å². The average molecular weight is 651 g/mol. The number of nitrogens with one attached hydrogen (secondary N) is 1. The molecule has 0 aliphatic rings. The summed E-state index contributed by atoms with van der Waals surface area (Å²) in [6.07, 6.45) is 3.81. The summed E-state index contributed by atoms with van der Waals surface area (Å²) < 4.78 is 37.9. The van der Waals surface area contributed by atoms with Crippen molar-refractivity contribution in [3.05, 3.63) is 48.3 Å². The van der Waals surface area contributed by atoms with Crippen molar-refractivity contribution in [2.45, 2.75) is 26.4 Å². The third-order valence-electron chi connectivity index (χ3n) is 6.55. The largest absolute Gasteiger partial charge is 0.491 e. The molecule has 0 aliphatic carbocycles. The summed E-state index contributed by atoms with van der Waals surface area (Å²) in [4.78, 5) is 22.0. The number of imidazole rings is 2. The molecule has 5 aromatic rings. The van der Waals surface area contributed by atoms with Gasteiger partial charge in [-0.25, -0.2) is 14.8 Å². The smallest absolute Gasteiger partial charge is 0.332 e. The zero-order chi connectivity index (χ0) is 32.5. The van der Waals surface area contributed by atoms with Crippen LogP contribution in [0.4, 0.5) is 5.82 Å². The molecule has 1 N–H and O–H groups in total. The minimum Gasteiger partial charge on any atom is -0.491 e. The zero-order valence-corrected chi connectivity index (χ0v) is 27.2. The molecule has 0 atom stereocenters. The van der Waals surface area contributed by atoms with Gasteiger partial charge in [0, 0.05) is 19.4 Å². The van der Waals surface area contributed by atoms with Crippen molar-refractivity contribution >= 4 is 43.9 Å². The van der Waals surface area contributed by atoms with Crippen LogP contribution in [-0.2, 0) is 28.5 Å². The first-order valence-corrected chi connectivity index (χ1v) is 15.7. The second kappa shape index (κ2) is 15.4. The van der Waals surface area contributed by atoms with Gasteiger partial charge in [0.25, 0.3) is 0 Å². The maximum atomic E-state index is 11.6. The molecule has 0 spiro atoms. The van der Waals surface area contributed by atoms with Crippen LogP contribution in [0.3, 0.4) is 0 Å². The van der Waals surface area contributed by atoms with Crippen LogP contribution in [0, 0.1) is 11.3 Å². The first-order valence-electron chi connectivity index (χ1n) is 14.9. The number of ether oxygens (including phenoxy) is 6. The van der Waals surface area contributed by atoms with Gasteiger partial charge in [0.1, 0.15) is 47.4 Å². The molecule has 14 heteroatoms. The van der Waals surface area contributed by atoms with Gasteiger partial charge in [-0.1, -0.05) is 11.3 Å². The molecule has 0 saturated carbocycles. The molecule has 4 heterocycles. The molecule has 0 aliphatic heterocycles. The normalized spacial score (nSPS) is 11.8. The number of thiazole rings is 1. The van der Waals surface area contributed by atoms with Crippen LogP contribution in [0.1, 0.15) is 26.3 Å². The van der Waals surface area contributed by atoms with Gasteiger partial charge in [0.05, 0.1) is 68.1 Å². The quantitative estimate of drug-likeness (QED) is 0.112. The predicted octanol–water partition coefficient (Wildman–Crippen LogP) is 4.56. The van der Waals surface area contributed by atoms with E-state index in [9.17, 15) is 10.1 Å². The monoisotopic (exact) mass is 650 g/mol. The molecule has 46 heavy (non-hydrogen) atoms. The number of carbonyl (C=O) groups is 1. The Morgan fingerprint density at radius 1 is 0.935 bits per heavy atom. The third-order valence-corrected chi connectivity index (χ3v) is 7.57. The minimum absolute atomic E-state index is 0.0900. The number of hydrogen-bond donors (Lipinski definition) is 1. The van der Waals surface area contributed by atoms with Crippen molar-refractivity contribution in [2.75, 3.05) is 71.8 Å². The highest BCUT2D eigenvalue weighted by atomic mass is 32.1. The number of nitriles is 1. The molecule has 0 radical (unpaired) electrons. The van der Waals surface area contributed by atoms with Crippen molar-refractivity contribution in [3.63, 3.8) is 0 Å². The summed E-state index contributed by atoms with van der Waals surface area (Å²) in [5.74, 6) is 1.18. The summed E-state index contributed by atoms with van der Waals surface area (Å²) in [6, 6.07) is 11.6. The van der Waals surface area contributed by atoms with Crippen molar-refractivity contribution in [1.29, 1.82) is 5.26 Å². The lowest BCUT2D eigenvalue weighted by Crippen LogP contribution is -2.27. The van der Waals surface area contributed by atoms with Gasteiger partial charge in [-0.2, -0.15) is 5.26 Å². The number of hydrogen-bond acceptors (Lipinski definition) is 12. The van der Waals surface area contributed by atoms with Crippen LogP contribution in [0.25, 0.3) is 32.2 Å². The van der Waals surface area contributed by atoms with Crippen LogP contribution in [0.5, 0.6) is 5.75 Å². The molecule has 0 bridgehead atoms. The summed E-state index contributed by atoms with van der Waals surface area (Å²) >= 11 is 1.57. The molecule has 244 valence electrons. The Morgan fingerprint density at radius 2 is 1.63 bits per heavy atom. The number of nitrogens with zero attached hydrogens (tertiary/aromatic N) is 5. The van der Waals surface area contributed by atoms with E-state index in [4.69, 9.17) is 38.4 Å². The van der Waals surface area contributed by atoms with Crippen molar-refractivity contribution in [3.8, 4) is 23.2 Å². The Morgan fingerprint density at radius 3 is 2.30 bits per heavy atom. The van der Waals surface area contributed by atoms with E-state index in [2.05, 4.69) is 15.8 Å². The Bertz CT molecular complexity index is 1820. The molecule has 4 aromatic heterocycles. The number of pyridine rings is 1. The fourth-order valence-electron chi connectivity index (χ4n) is 4.62. The van der Waals surface area contributed by atoms with E-state index in [1.54, 1.807) is 23.5 Å². The first kappa shape index (κ1) is 33.1. The molecule has 0 amide bonds. The van der Waals surface area contributed by atoms with Gasteiger partial charge in [-0.15, -0.1) is 0 Å². The highest BCUT2D eigenvalue weighted by molar-refractivity contribution is 7.23. The standard InChI is InChI=1S/C32H38N6O7S/c1-32(2,3)45-28(39)21-43-14-13-41-10-9-40-11-12-42-15-16-44-23-5-6-25-26(18-23)46-31-35-24(20-38(25)31)29-30(34-4)37-8-7-22(19-33)17-27(37)36-29/h5-8,17-18,20,34H,9-16,21H2,1-4H3. The summed E-state index contributed by atoms with van der Waals surface area (Å²) in [5.41, 5.74) is 3.21. The van der Waals surface area contributed by atoms with Gasteiger partial charge in [0.2, 0.25) is 0 Å². The van der Waals surface area contributed by atoms with Crippen molar-refractivity contribution in [2.24, 2.45) is 0 Å². The number of esters is 1. The van der Waals surface area contributed by atoms with Crippen LogP contribution in [0.15, 0.2) is 42.7 Å². The van der Waals surface area contributed by atoms with E-state index >= 15 is 0 Å². The van der Waals surface area contributed by atoms with Gasteiger partial charge >= 0.3 is 5.97 Å². The number of carbonyl (C=O) groups excluding carboxylic acids is 1. The van der Waals surface area contributed by atoms with E-state index in [0.717, 1.165) is 38.1 Å². The Balaban J connectivity index is 0.992. The van der Waals surface area contributed by atoms with Gasteiger partial charge in [0.15, 0.2) is 4.96 Å². The maximum Gasteiger partial charge on any atom is 0.332 e. The topological polar surface area (TPSA) is 143 Å². The molecule has 13 nitrogen and oxygen atoms in total. The van der Waals surface area contributed by atoms with Crippen LogP contribution in [0.2, 0.25) is 0 Å². The van der Waals surface area contributed by atoms with E-state index in [-0.39, 0.29) is 6.61 Å². The number of fused-ring (bicyclic) bond motifs is 4. The lowest BCUT2D eigenvalue weighted by atomic mass is 10.2. The Hall–Kier alpha value is -4.26. The SMILES string of the molecule is CNc1c(-c2cn3c(n2)sc2cc(OCCOCCOCCOCCOCC(=O)OC(C)(C)C)ccc23)nc2cc(C#N)ccn12. The fraction of sp³-hybridized carbons (Fsp3) is 0.438. The lowest BCUT2D eigenvalue weighted by molar-refractivity contribution is -0.160. The van der Waals surface area contributed by atoms with Crippen LogP contribution < -0.4 is 10.1 Å². The molecule has 0 saturated heterocycles. The molecular formula is C32H38N6O7S. The molecule has 1 aromatic carbocycles. The van der Waals surface area contributed by atoms with E-state index in [1.165, 1.54) is 0 Å². The van der Waals surface area contributed by atoms with E-state index < -0.39 is 11.6 Å². The van der Waals surface area contributed by atoms with Crippen molar-refractivity contribution < 1.29 is 33.2 Å². The fourth-order valence-corrected chi connectivity index (χ4v) is 5.66. The third kappa shape index (κ3) is 8.51. The Kier molecular flexibility index (Phi) is 11.1. The van der Waals surface area contributed by atoms with Gasteiger partial charge in [-0.05, 0) is 51.1 Å². The van der Waals surface area contributed by atoms with E-state index in [0.29, 0.717) is 64.1 Å². The number of rotatable bonds is 17. The predicted molar refractivity (Wildman–Crippen MR) is 174 cm³/mol. The summed E-state index contributed by atoms with van der Waals surface area (Å²) in [5, 5.41) is 12.5. The second-order valence-corrected chi connectivity index (χ2v) is 12.2. The Labute approximate surface area is 270 Å². The maximum absolute atomic E-state index is 11.6.